The fourth-order valence-electron chi connectivity index (χ4n) is 3.38. The van der Waals surface area contributed by atoms with Crippen LogP contribution in [0.1, 0.15) is 36.0 Å². The Morgan fingerprint density at radius 2 is 2.23 bits per heavy atom. The molecule has 8 heteroatoms. The maximum absolute atomic E-state index is 12.4. The van der Waals surface area contributed by atoms with Gasteiger partial charge >= 0.3 is 0 Å². The van der Waals surface area contributed by atoms with Crippen molar-refractivity contribution in [3.05, 3.63) is 42.2 Å². The molecule has 1 aliphatic rings. The maximum Gasteiger partial charge on any atom is 0.251 e. The van der Waals surface area contributed by atoms with Crippen molar-refractivity contribution in [3.63, 3.8) is 0 Å². The maximum atomic E-state index is 12.4. The molecule has 0 bridgehead atoms. The highest BCUT2D eigenvalue weighted by molar-refractivity contribution is 7.88. The number of aromatic nitrogens is 2. The average molecular weight is 376 g/mol. The summed E-state index contributed by atoms with van der Waals surface area (Å²) >= 11 is 0. The lowest BCUT2D eigenvalue weighted by molar-refractivity contribution is 0.0949. The molecule has 1 fully saturated rings. The number of carbonyl (C=O) groups is 1. The normalized spacial score (nSPS) is 18.6. The standard InChI is InChI=1S/C18H24N4O3S/c1-26(24,25)22-12-3-2-7-16(22)8-9-21-18(23)15-6-4-5-14(13-15)17-19-10-11-20-17/h4-6,10-11,13,16H,2-3,7-9,12H2,1H3,(H,19,20)(H,21,23). The van der Waals surface area contributed by atoms with Gasteiger partial charge in [-0.3, -0.25) is 4.79 Å². The molecule has 0 saturated carbocycles. The third-order valence-corrected chi connectivity index (χ3v) is 5.99. The van der Waals surface area contributed by atoms with Gasteiger partial charge in [-0.15, -0.1) is 0 Å². The predicted octanol–water partition coefficient (Wildman–Crippen LogP) is 2.01. The van der Waals surface area contributed by atoms with Crippen molar-refractivity contribution in [2.45, 2.75) is 31.7 Å². The van der Waals surface area contributed by atoms with Crippen molar-refractivity contribution in [3.8, 4) is 11.4 Å². The summed E-state index contributed by atoms with van der Waals surface area (Å²) in [6.07, 6.45) is 8.04. The molecular formula is C18H24N4O3S. The Kier molecular flexibility index (Phi) is 5.73. The van der Waals surface area contributed by atoms with Crippen LogP contribution in [0.3, 0.4) is 0 Å². The van der Waals surface area contributed by atoms with Crippen LogP contribution in [0.5, 0.6) is 0 Å². The topological polar surface area (TPSA) is 95.2 Å². The lowest BCUT2D eigenvalue weighted by atomic mass is 10.0. The first kappa shape index (κ1) is 18.6. The Balaban J connectivity index is 1.58. The lowest BCUT2D eigenvalue weighted by Gasteiger charge is -2.33. The summed E-state index contributed by atoms with van der Waals surface area (Å²) in [5, 5.41) is 2.90. The quantitative estimate of drug-likeness (QED) is 0.806. The zero-order valence-electron chi connectivity index (χ0n) is 14.8. The van der Waals surface area contributed by atoms with Crippen LogP contribution < -0.4 is 5.32 Å². The second kappa shape index (κ2) is 8.01. The Morgan fingerprint density at radius 1 is 1.38 bits per heavy atom. The molecular weight excluding hydrogens is 352 g/mol. The summed E-state index contributed by atoms with van der Waals surface area (Å²) in [6.45, 7) is 1.02. The van der Waals surface area contributed by atoms with Crippen LogP contribution in [0.4, 0.5) is 0 Å². The summed E-state index contributed by atoms with van der Waals surface area (Å²) in [5.74, 6) is 0.547. The fraction of sp³-hybridized carbons (Fsp3) is 0.444. The largest absolute Gasteiger partial charge is 0.352 e. The van der Waals surface area contributed by atoms with Crippen LogP contribution in [0.2, 0.25) is 0 Å². The molecule has 2 N–H and O–H groups in total. The molecule has 26 heavy (non-hydrogen) atoms. The van der Waals surface area contributed by atoms with Gasteiger partial charge in [0.15, 0.2) is 0 Å². The van der Waals surface area contributed by atoms with Gasteiger partial charge in [-0.05, 0) is 31.4 Å². The van der Waals surface area contributed by atoms with E-state index in [2.05, 4.69) is 15.3 Å². The summed E-state index contributed by atoms with van der Waals surface area (Å²) in [6, 6.07) is 7.22. The summed E-state index contributed by atoms with van der Waals surface area (Å²) < 4.78 is 25.4. The van der Waals surface area contributed by atoms with E-state index in [9.17, 15) is 13.2 Å². The number of hydrogen-bond donors (Lipinski definition) is 2. The Bertz CT molecular complexity index is 849. The van der Waals surface area contributed by atoms with E-state index in [1.165, 1.54) is 6.26 Å². The molecule has 1 saturated heterocycles. The minimum atomic E-state index is -3.20. The van der Waals surface area contributed by atoms with Gasteiger partial charge in [-0.2, -0.15) is 4.31 Å². The monoisotopic (exact) mass is 376 g/mol. The van der Waals surface area contributed by atoms with Crippen LogP contribution in [-0.4, -0.2) is 54.0 Å². The molecule has 3 rings (SSSR count). The van der Waals surface area contributed by atoms with Crippen molar-refractivity contribution < 1.29 is 13.2 Å². The minimum Gasteiger partial charge on any atom is -0.352 e. The van der Waals surface area contributed by atoms with E-state index in [1.807, 2.05) is 12.1 Å². The number of nitrogens with zero attached hydrogens (tertiary/aromatic N) is 2. The van der Waals surface area contributed by atoms with Gasteiger partial charge in [0, 0.05) is 42.7 Å². The third-order valence-electron chi connectivity index (χ3n) is 4.66. The van der Waals surface area contributed by atoms with E-state index in [-0.39, 0.29) is 11.9 Å². The van der Waals surface area contributed by atoms with E-state index in [4.69, 9.17) is 0 Å². The Labute approximate surface area is 153 Å². The molecule has 1 aromatic carbocycles. The molecule has 7 nitrogen and oxygen atoms in total. The molecule has 2 heterocycles. The third kappa shape index (κ3) is 4.50. The van der Waals surface area contributed by atoms with Crippen molar-refractivity contribution in [2.75, 3.05) is 19.3 Å². The van der Waals surface area contributed by atoms with E-state index in [0.717, 1.165) is 24.8 Å². The van der Waals surface area contributed by atoms with Crippen molar-refractivity contribution in [2.24, 2.45) is 0 Å². The Morgan fingerprint density at radius 3 is 2.96 bits per heavy atom. The minimum absolute atomic E-state index is 0.0338. The van der Waals surface area contributed by atoms with Gasteiger partial charge in [0.25, 0.3) is 5.91 Å². The molecule has 0 radical (unpaired) electrons. The SMILES string of the molecule is CS(=O)(=O)N1CCCCC1CCNC(=O)c1cccc(-c2ncc[nH]2)c1. The van der Waals surface area contributed by atoms with Crippen LogP contribution in [0, 0.1) is 0 Å². The van der Waals surface area contributed by atoms with Crippen LogP contribution in [0.15, 0.2) is 36.7 Å². The van der Waals surface area contributed by atoms with Gasteiger partial charge in [0.1, 0.15) is 5.82 Å². The van der Waals surface area contributed by atoms with Crippen molar-refractivity contribution in [1.29, 1.82) is 0 Å². The zero-order valence-corrected chi connectivity index (χ0v) is 15.6. The number of sulfonamides is 1. The van der Waals surface area contributed by atoms with E-state index in [1.54, 1.807) is 28.8 Å². The summed E-state index contributed by atoms with van der Waals surface area (Å²) in [5.41, 5.74) is 1.40. The predicted molar refractivity (Wildman–Crippen MR) is 100 cm³/mol. The van der Waals surface area contributed by atoms with Gasteiger partial charge < -0.3 is 10.3 Å². The van der Waals surface area contributed by atoms with Crippen LogP contribution in [0.25, 0.3) is 11.4 Å². The molecule has 2 aromatic rings. The van der Waals surface area contributed by atoms with E-state index >= 15 is 0 Å². The first-order valence-electron chi connectivity index (χ1n) is 8.80. The number of imidazole rings is 1. The first-order valence-corrected chi connectivity index (χ1v) is 10.6. The molecule has 1 unspecified atom stereocenters. The van der Waals surface area contributed by atoms with Gasteiger partial charge in [-0.1, -0.05) is 18.6 Å². The van der Waals surface area contributed by atoms with Crippen LogP contribution >= 0.6 is 0 Å². The number of H-pyrrole nitrogens is 1. The number of aromatic amines is 1. The highest BCUT2D eigenvalue weighted by atomic mass is 32.2. The highest BCUT2D eigenvalue weighted by Crippen LogP contribution is 2.22. The zero-order chi connectivity index (χ0) is 18.6. The number of piperidine rings is 1. The van der Waals surface area contributed by atoms with Gasteiger partial charge in [-0.25, -0.2) is 13.4 Å². The number of nitrogens with one attached hydrogen (secondary N) is 2. The molecule has 0 aliphatic carbocycles. The van der Waals surface area contributed by atoms with E-state index in [0.29, 0.717) is 30.9 Å². The first-order chi connectivity index (χ1) is 12.4. The van der Waals surface area contributed by atoms with Crippen molar-refractivity contribution >= 4 is 15.9 Å². The number of hydrogen-bond acceptors (Lipinski definition) is 4. The molecule has 0 spiro atoms. The number of amides is 1. The number of benzene rings is 1. The summed E-state index contributed by atoms with van der Waals surface area (Å²) in [7, 11) is -3.20. The molecule has 1 amide bonds. The van der Waals surface area contributed by atoms with Crippen molar-refractivity contribution in [1.82, 2.24) is 19.6 Å². The summed E-state index contributed by atoms with van der Waals surface area (Å²) in [4.78, 5) is 19.6. The highest BCUT2D eigenvalue weighted by Gasteiger charge is 2.28. The second-order valence-electron chi connectivity index (χ2n) is 6.59. The number of rotatable bonds is 6. The van der Waals surface area contributed by atoms with Crippen LogP contribution in [-0.2, 0) is 10.0 Å². The fourth-order valence-corrected chi connectivity index (χ4v) is 4.60. The van der Waals surface area contributed by atoms with E-state index < -0.39 is 10.0 Å². The molecule has 140 valence electrons. The van der Waals surface area contributed by atoms with Gasteiger partial charge in [0.2, 0.25) is 10.0 Å². The lowest BCUT2D eigenvalue weighted by Crippen LogP contribution is -2.44. The Hall–Kier alpha value is -2.19. The average Bonchev–Trinajstić information content (AvgIpc) is 3.16. The number of carbonyl (C=O) groups excluding carboxylic acids is 1. The smallest absolute Gasteiger partial charge is 0.251 e. The molecule has 1 aliphatic heterocycles. The molecule has 1 aromatic heterocycles. The second-order valence-corrected chi connectivity index (χ2v) is 8.52. The van der Waals surface area contributed by atoms with Gasteiger partial charge in [0.05, 0.1) is 6.26 Å². The molecule has 1 atom stereocenters.